The molecule has 4 atom stereocenters. The molecule has 1 heterocycles. The average Bonchev–Trinajstić information content (AvgIpc) is 3.26. The zero-order valence-electron chi connectivity index (χ0n) is 36.2. The first-order valence-electron chi connectivity index (χ1n) is 22.4. The standard InChI is InChI=1S/C50H69N3O6S/c1-4-6-8-10-12-17-32-53(33-18-13-11-9-7-5-2)37-45-36-48(42-28-26-41(38-54)27-29-42)59-50(58-45)43-22-19-23-44(35-43)51-49(55)47(34-40-20-15-14-16-21-40)52-60(56,57)46-30-24-39(3)25-31-46/h14-16,19-31,35,45,47-48,50,52,54H,4-13,17-18,32-34,36-38H2,1-3H3,(H,51,55). The molecule has 60 heavy (non-hydrogen) atoms. The number of aliphatic hydroxyl groups is 1. The molecule has 3 N–H and O–H groups in total. The molecule has 4 aromatic carbocycles. The van der Waals surface area contributed by atoms with Gasteiger partial charge in [0.15, 0.2) is 6.29 Å². The van der Waals surface area contributed by atoms with Crippen LogP contribution in [-0.4, -0.2) is 56.1 Å². The Bertz CT molecular complexity index is 1930. The zero-order chi connectivity index (χ0) is 42.6. The molecule has 0 aliphatic carbocycles. The normalized spacial score (nSPS) is 17.4. The molecule has 4 unspecified atom stereocenters. The Kier molecular flexibility index (Phi) is 19.8. The third-order valence-corrected chi connectivity index (χ3v) is 12.9. The first-order chi connectivity index (χ1) is 29.2. The van der Waals surface area contributed by atoms with Crippen molar-refractivity contribution in [3.63, 3.8) is 0 Å². The Morgan fingerprint density at radius 1 is 0.733 bits per heavy atom. The van der Waals surface area contributed by atoms with Crippen molar-refractivity contribution in [3.05, 3.63) is 131 Å². The monoisotopic (exact) mass is 839 g/mol. The van der Waals surface area contributed by atoms with Gasteiger partial charge in [-0.15, -0.1) is 0 Å². The van der Waals surface area contributed by atoms with Crippen LogP contribution in [0.3, 0.4) is 0 Å². The number of nitrogens with zero attached hydrogens (tertiary/aromatic N) is 1. The summed E-state index contributed by atoms with van der Waals surface area (Å²) in [7, 11) is -4.00. The number of nitrogens with one attached hydrogen (secondary N) is 2. The molecule has 1 amide bonds. The fraction of sp³-hybridized carbons (Fsp3) is 0.500. The predicted molar refractivity (Wildman–Crippen MR) is 242 cm³/mol. The van der Waals surface area contributed by atoms with Crippen LogP contribution in [0.15, 0.2) is 108 Å². The van der Waals surface area contributed by atoms with E-state index in [9.17, 15) is 18.3 Å². The van der Waals surface area contributed by atoms with E-state index in [4.69, 9.17) is 9.47 Å². The number of unbranched alkanes of at least 4 members (excludes halogenated alkanes) is 10. The van der Waals surface area contributed by atoms with Crippen molar-refractivity contribution in [2.75, 3.05) is 25.0 Å². The fourth-order valence-electron chi connectivity index (χ4n) is 7.85. The minimum absolute atomic E-state index is 0.0237. The molecule has 4 aromatic rings. The second-order valence-corrected chi connectivity index (χ2v) is 18.2. The molecule has 0 aromatic heterocycles. The van der Waals surface area contributed by atoms with Crippen LogP contribution in [0.4, 0.5) is 5.69 Å². The molecule has 9 nitrogen and oxygen atoms in total. The third kappa shape index (κ3) is 15.5. The van der Waals surface area contributed by atoms with E-state index in [1.807, 2.05) is 79.7 Å². The molecule has 1 aliphatic heterocycles. The summed E-state index contributed by atoms with van der Waals surface area (Å²) in [5.74, 6) is -0.475. The van der Waals surface area contributed by atoms with E-state index < -0.39 is 28.3 Å². The maximum atomic E-state index is 14.0. The zero-order valence-corrected chi connectivity index (χ0v) is 37.0. The van der Waals surface area contributed by atoms with Crippen LogP contribution < -0.4 is 10.0 Å². The van der Waals surface area contributed by atoms with Gasteiger partial charge in [0, 0.05) is 24.2 Å². The number of rotatable bonds is 26. The van der Waals surface area contributed by atoms with Gasteiger partial charge in [-0.1, -0.05) is 162 Å². The Morgan fingerprint density at radius 3 is 2.00 bits per heavy atom. The number of amides is 1. The molecule has 0 saturated carbocycles. The van der Waals surface area contributed by atoms with Gasteiger partial charge < -0.3 is 24.8 Å². The van der Waals surface area contributed by atoms with E-state index in [0.29, 0.717) is 12.1 Å². The number of carbonyl (C=O) groups is 1. The molecular formula is C50H69N3O6S. The molecule has 326 valence electrons. The topological polar surface area (TPSA) is 117 Å². The van der Waals surface area contributed by atoms with Crippen molar-refractivity contribution in [1.82, 2.24) is 9.62 Å². The van der Waals surface area contributed by atoms with E-state index >= 15 is 0 Å². The summed E-state index contributed by atoms with van der Waals surface area (Å²) >= 11 is 0. The summed E-state index contributed by atoms with van der Waals surface area (Å²) in [6.45, 7) is 9.27. The smallest absolute Gasteiger partial charge is 0.242 e. The maximum Gasteiger partial charge on any atom is 0.242 e. The number of hydrogen-bond acceptors (Lipinski definition) is 7. The molecule has 1 fully saturated rings. The summed E-state index contributed by atoms with van der Waals surface area (Å²) in [5.41, 5.74) is 4.90. The molecule has 0 radical (unpaired) electrons. The summed E-state index contributed by atoms with van der Waals surface area (Å²) in [5, 5.41) is 12.7. The van der Waals surface area contributed by atoms with E-state index in [-0.39, 0.29) is 30.1 Å². The maximum absolute atomic E-state index is 14.0. The van der Waals surface area contributed by atoms with Crippen molar-refractivity contribution in [1.29, 1.82) is 0 Å². The number of ether oxygens (including phenoxy) is 2. The van der Waals surface area contributed by atoms with Gasteiger partial charge in [0.1, 0.15) is 6.04 Å². The molecular weight excluding hydrogens is 771 g/mol. The van der Waals surface area contributed by atoms with E-state index in [1.54, 1.807) is 30.3 Å². The SMILES string of the molecule is CCCCCCCCN(CCCCCCCC)CC1CC(c2ccc(CO)cc2)OC(c2cccc(NC(=O)C(Cc3ccccc3)NS(=O)(=O)c3ccc(C)cc3)c2)O1. The highest BCUT2D eigenvalue weighted by atomic mass is 32.2. The van der Waals surface area contributed by atoms with Crippen LogP contribution in [0.2, 0.25) is 0 Å². The van der Waals surface area contributed by atoms with E-state index in [1.165, 1.54) is 77.0 Å². The number of hydrogen-bond donors (Lipinski definition) is 3. The number of benzene rings is 4. The quantitative estimate of drug-likeness (QED) is 0.0539. The second kappa shape index (κ2) is 25.1. The van der Waals surface area contributed by atoms with Gasteiger partial charge in [0.25, 0.3) is 0 Å². The van der Waals surface area contributed by atoms with Gasteiger partial charge in [-0.2, -0.15) is 4.72 Å². The molecule has 5 rings (SSSR count). The lowest BCUT2D eigenvalue weighted by Crippen LogP contribution is -2.45. The first-order valence-corrected chi connectivity index (χ1v) is 23.9. The van der Waals surface area contributed by atoms with Crippen molar-refractivity contribution in [3.8, 4) is 0 Å². The molecule has 1 saturated heterocycles. The lowest BCUT2D eigenvalue weighted by Gasteiger charge is -2.38. The number of sulfonamides is 1. The highest BCUT2D eigenvalue weighted by molar-refractivity contribution is 7.89. The van der Waals surface area contributed by atoms with Crippen molar-refractivity contribution < 1.29 is 27.8 Å². The van der Waals surface area contributed by atoms with E-state index in [0.717, 1.165) is 47.5 Å². The summed E-state index contributed by atoms with van der Waals surface area (Å²) < 4.78 is 43.3. The van der Waals surface area contributed by atoms with Gasteiger partial charge in [0.05, 0.1) is 23.7 Å². The molecule has 10 heteroatoms. The van der Waals surface area contributed by atoms with Gasteiger partial charge in [0.2, 0.25) is 15.9 Å². The van der Waals surface area contributed by atoms with Crippen LogP contribution >= 0.6 is 0 Å². The largest absolute Gasteiger partial charge is 0.392 e. The van der Waals surface area contributed by atoms with Crippen LogP contribution in [0, 0.1) is 6.92 Å². The number of aliphatic hydroxyl groups excluding tert-OH is 1. The van der Waals surface area contributed by atoms with E-state index in [2.05, 4.69) is 28.8 Å². The first kappa shape index (κ1) is 47.2. The minimum atomic E-state index is -4.00. The summed E-state index contributed by atoms with van der Waals surface area (Å²) in [4.78, 5) is 16.7. The highest BCUT2D eigenvalue weighted by Gasteiger charge is 2.34. The Labute approximate surface area is 360 Å². The Hall–Kier alpha value is -3.90. The summed E-state index contributed by atoms with van der Waals surface area (Å²) in [6.07, 6.45) is 14.9. The second-order valence-electron chi connectivity index (χ2n) is 16.5. The van der Waals surface area contributed by atoms with Crippen LogP contribution in [-0.2, 0) is 37.3 Å². The molecule has 1 aliphatic rings. The van der Waals surface area contributed by atoms with Gasteiger partial charge in [-0.05, 0) is 80.2 Å². The van der Waals surface area contributed by atoms with Crippen molar-refractivity contribution >= 4 is 21.6 Å². The number of aryl methyl sites for hydroxylation is 1. The fourth-order valence-corrected chi connectivity index (χ4v) is 9.05. The minimum Gasteiger partial charge on any atom is -0.392 e. The average molecular weight is 840 g/mol. The van der Waals surface area contributed by atoms with Crippen molar-refractivity contribution in [2.24, 2.45) is 0 Å². The highest BCUT2D eigenvalue weighted by Crippen LogP contribution is 2.39. The lowest BCUT2D eigenvalue weighted by molar-refractivity contribution is -0.253. The Balaban J connectivity index is 1.34. The van der Waals surface area contributed by atoms with Crippen LogP contribution in [0.5, 0.6) is 0 Å². The van der Waals surface area contributed by atoms with Crippen molar-refractivity contribution in [2.45, 2.75) is 147 Å². The summed E-state index contributed by atoms with van der Waals surface area (Å²) in [6, 6.07) is 30.3. The molecule has 0 spiro atoms. The Morgan fingerprint density at radius 2 is 1.37 bits per heavy atom. The number of carbonyl (C=O) groups excluding carboxylic acids is 1. The van der Waals surface area contributed by atoms with Crippen LogP contribution in [0.25, 0.3) is 0 Å². The van der Waals surface area contributed by atoms with Crippen LogP contribution in [0.1, 0.15) is 138 Å². The van der Waals surface area contributed by atoms with Gasteiger partial charge >= 0.3 is 0 Å². The predicted octanol–water partition coefficient (Wildman–Crippen LogP) is 10.6. The molecule has 0 bridgehead atoms. The number of anilines is 1. The third-order valence-electron chi connectivity index (χ3n) is 11.4. The lowest BCUT2D eigenvalue weighted by atomic mass is 9.99. The van der Waals surface area contributed by atoms with Gasteiger partial charge in [-0.3, -0.25) is 4.79 Å². The van der Waals surface area contributed by atoms with Gasteiger partial charge in [-0.25, -0.2) is 8.42 Å².